The summed E-state index contributed by atoms with van der Waals surface area (Å²) in [5.41, 5.74) is 1.29. The van der Waals surface area contributed by atoms with E-state index in [0.717, 1.165) is 18.5 Å². The molecular weight excluding hydrogens is 280 g/mol. The Morgan fingerprint density at radius 3 is 2.85 bits per heavy atom. The third kappa shape index (κ3) is 3.77. The van der Waals surface area contributed by atoms with E-state index in [4.69, 9.17) is 16.1 Å². The van der Waals surface area contributed by atoms with Gasteiger partial charge in [-0.3, -0.25) is 4.79 Å². The summed E-state index contributed by atoms with van der Waals surface area (Å²) < 4.78 is 4.83. The van der Waals surface area contributed by atoms with Gasteiger partial charge in [-0.1, -0.05) is 30.1 Å². The summed E-state index contributed by atoms with van der Waals surface area (Å²) in [7, 11) is 0. The van der Waals surface area contributed by atoms with Crippen molar-refractivity contribution in [3.8, 4) is 0 Å². The van der Waals surface area contributed by atoms with Gasteiger partial charge in [0.25, 0.3) is 5.91 Å². The van der Waals surface area contributed by atoms with Crippen LogP contribution in [-0.2, 0) is 13.0 Å². The lowest BCUT2D eigenvalue weighted by molar-refractivity contribution is 0.0949. The van der Waals surface area contributed by atoms with Gasteiger partial charge in [-0.15, -0.1) is 0 Å². The number of aromatic nitrogens is 3. The molecule has 0 bridgehead atoms. The number of carbonyl (C=O) groups is 1. The highest BCUT2D eigenvalue weighted by Gasteiger charge is 2.10. The molecule has 2 rings (SSSR count). The van der Waals surface area contributed by atoms with Gasteiger partial charge >= 0.3 is 0 Å². The highest BCUT2D eigenvalue weighted by molar-refractivity contribution is 6.29. The molecule has 0 aliphatic rings. The number of halogens is 1. The van der Waals surface area contributed by atoms with Crippen molar-refractivity contribution < 1.29 is 9.32 Å². The van der Waals surface area contributed by atoms with Crippen LogP contribution in [0.3, 0.4) is 0 Å². The molecule has 106 valence electrons. The van der Waals surface area contributed by atoms with Crippen LogP contribution in [-0.4, -0.2) is 21.0 Å². The van der Waals surface area contributed by atoms with Crippen molar-refractivity contribution in [3.63, 3.8) is 0 Å². The maximum atomic E-state index is 12.0. The molecule has 20 heavy (non-hydrogen) atoms. The molecule has 0 atom stereocenters. The normalized spacial score (nSPS) is 10.6. The second-order valence-corrected chi connectivity index (χ2v) is 4.72. The van der Waals surface area contributed by atoms with Crippen LogP contribution in [0.15, 0.2) is 16.7 Å². The number of aryl methyl sites for hydroxylation is 2. The largest absolute Gasteiger partial charge is 0.345 e. The summed E-state index contributed by atoms with van der Waals surface area (Å²) in [6.07, 6.45) is 1.72. The molecule has 2 heterocycles. The van der Waals surface area contributed by atoms with Crippen molar-refractivity contribution >= 4 is 17.5 Å². The van der Waals surface area contributed by atoms with Crippen LogP contribution < -0.4 is 5.32 Å². The van der Waals surface area contributed by atoms with Crippen molar-refractivity contribution in [2.45, 2.75) is 33.2 Å². The van der Waals surface area contributed by atoms with E-state index in [1.165, 1.54) is 6.07 Å². The average Bonchev–Trinajstić information content (AvgIpc) is 2.81. The number of hydrogen-bond acceptors (Lipinski definition) is 5. The molecular formula is C13H15ClN4O2. The van der Waals surface area contributed by atoms with E-state index in [2.05, 4.69) is 20.4 Å². The smallest absolute Gasteiger partial charge is 0.251 e. The minimum absolute atomic E-state index is 0.208. The third-order valence-electron chi connectivity index (χ3n) is 2.59. The van der Waals surface area contributed by atoms with E-state index in [1.807, 2.05) is 6.92 Å². The van der Waals surface area contributed by atoms with Crippen molar-refractivity contribution in [1.29, 1.82) is 0 Å². The van der Waals surface area contributed by atoms with Crippen LogP contribution in [0, 0.1) is 6.92 Å². The maximum Gasteiger partial charge on any atom is 0.251 e. The Morgan fingerprint density at radius 2 is 2.20 bits per heavy atom. The molecule has 0 radical (unpaired) electrons. The fourth-order valence-corrected chi connectivity index (χ4v) is 1.97. The Hall–Kier alpha value is -1.95. The van der Waals surface area contributed by atoms with Gasteiger partial charge in [0.1, 0.15) is 5.15 Å². The first-order chi connectivity index (χ1) is 9.58. The number of nitrogens with one attached hydrogen (secondary N) is 1. The first-order valence-corrected chi connectivity index (χ1v) is 6.70. The summed E-state index contributed by atoms with van der Waals surface area (Å²) in [6.45, 7) is 3.94. The first kappa shape index (κ1) is 14.5. The standard InChI is InChI=1S/C13H15ClN4O2/c1-3-4-10-5-9(6-11(14)17-10)13(19)15-7-12-16-8(2)20-18-12/h5-6H,3-4,7H2,1-2H3,(H,15,19). The predicted octanol–water partition coefficient (Wildman–Crippen LogP) is 2.31. The molecule has 1 amide bonds. The molecule has 0 saturated heterocycles. The second-order valence-electron chi connectivity index (χ2n) is 4.33. The summed E-state index contributed by atoms with van der Waals surface area (Å²) in [4.78, 5) is 20.2. The molecule has 0 unspecified atom stereocenters. The molecule has 0 aromatic carbocycles. The maximum absolute atomic E-state index is 12.0. The number of nitrogens with zero attached hydrogens (tertiary/aromatic N) is 3. The summed E-state index contributed by atoms with van der Waals surface area (Å²) in [6, 6.07) is 3.28. The Bertz CT molecular complexity index is 612. The van der Waals surface area contributed by atoms with Crippen molar-refractivity contribution in [3.05, 3.63) is 40.3 Å². The summed E-state index contributed by atoms with van der Waals surface area (Å²) in [5.74, 6) is 0.658. The highest BCUT2D eigenvalue weighted by Crippen LogP contribution is 2.12. The molecule has 7 heteroatoms. The summed E-state index contributed by atoms with van der Waals surface area (Å²) >= 11 is 5.92. The number of carbonyl (C=O) groups excluding carboxylic acids is 1. The van der Waals surface area contributed by atoms with E-state index < -0.39 is 0 Å². The van der Waals surface area contributed by atoms with Gasteiger partial charge in [0.05, 0.1) is 6.54 Å². The van der Waals surface area contributed by atoms with Gasteiger partial charge in [-0.2, -0.15) is 4.98 Å². The van der Waals surface area contributed by atoms with E-state index in [9.17, 15) is 4.79 Å². The Labute approximate surface area is 121 Å². The molecule has 0 saturated carbocycles. The second kappa shape index (κ2) is 6.47. The van der Waals surface area contributed by atoms with E-state index in [-0.39, 0.29) is 12.5 Å². The quantitative estimate of drug-likeness (QED) is 0.856. The molecule has 0 spiro atoms. The minimum atomic E-state index is -0.242. The molecule has 0 fully saturated rings. The van der Waals surface area contributed by atoms with Crippen LogP contribution in [0.25, 0.3) is 0 Å². The van der Waals surface area contributed by atoms with Crippen molar-refractivity contribution in [1.82, 2.24) is 20.4 Å². The third-order valence-corrected chi connectivity index (χ3v) is 2.79. The lowest BCUT2D eigenvalue weighted by Crippen LogP contribution is -2.23. The Balaban J connectivity index is 2.04. The minimum Gasteiger partial charge on any atom is -0.345 e. The molecule has 0 aliphatic carbocycles. The zero-order valence-corrected chi connectivity index (χ0v) is 12.1. The molecule has 1 N–H and O–H groups in total. The fraction of sp³-hybridized carbons (Fsp3) is 0.385. The van der Waals surface area contributed by atoms with Crippen LogP contribution in [0.1, 0.15) is 41.1 Å². The highest BCUT2D eigenvalue weighted by atomic mass is 35.5. The van der Waals surface area contributed by atoms with Crippen LogP contribution in [0.5, 0.6) is 0 Å². The SMILES string of the molecule is CCCc1cc(C(=O)NCc2noc(C)n2)cc(Cl)n1. The van der Waals surface area contributed by atoms with Gasteiger partial charge in [-0.05, 0) is 18.6 Å². The molecule has 0 aliphatic heterocycles. The van der Waals surface area contributed by atoms with Gasteiger partial charge < -0.3 is 9.84 Å². The van der Waals surface area contributed by atoms with Crippen LogP contribution in [0.4, 0.5) is 0 Å². The van der Waals surface area contributed by atoms with Crippen molar-refractivity contribution in [2.75, 3.05) is 0 Å². The van der Waals surface area contributed by atoms with Crippen LogP contribution >= 0.6 is 11.6 Å². The van der Waals surface area contributed by atoms with Crippen LogP contribution in [0.2, 0.25) is 5.15 Å². The van der Waals surface area contributed by atoms with Gasteiger partial charge in [-0.25, -0.2) is 4.98 Å². The lowest BCUT2D eigenvalue weighted by atomic mass is 10.1. The number of hydrogen-bond donors (Lipinski definition) is 1. The number of rotatable bonds is 5. The van der Waals surface area contributed by atoms with Gasteiger partial charge in [0.2, 0.25) is 5.89 Å². The number of pyridine rings is 1. The fourth-order valence-electron chi connectivity index (χ4n) is 1.74. The zero-order valence-electron chi connectivity index (χ0n) is 11.3. The Kier molecular flexibility index (Phi) is 4.68. The Morgan fingerprint density at radius 1 is 1.40 bits per heavy atom. The summed E-state index contributed by atoms with van der Waals surface area (Å²) in [5, 5.41) is 6.74. The topological polar surface area (TPSA) is 80.9 Å². The van der Waals surface area contributed by atoms with E-state index in [1.54, 1.807) is 13.0 Å². The molecule has 2 aromatic heterocycles. The molecule has 6 nitrogen and oxygen atoms in total. The van der Waals surface area contributed by atoms with E-state index >= 15 is 0 Å². The van der Waals surface area contributed by atoms with Crippen molar-refractivity contribution in [2.24, 2.45) is 0 Å². The average molecular weight is 295 g/mol. The van der Waals surface area contributed by atoms with Gasteiger partial charge in [0.15, 0.2) is 5.82 Å². The van der Waals surface area contributed by atoms with Gasteiger partial charge in [0, 0.05) is 18.2 Å². The monoisotopic (exact) mass is 294 g/mol. The molecule has 2 aromatic rings. The zero-order chi connectivity index (χ0) is 14.5. The first-order valence-electron chi connectivity index (χ1n) is 6.32. The number of amides is 1. The lowest BCUT2D eigenvalue weighted by Gasteiger charge is -2.05. The van der Waals surface area contributed by atoms with E-state index in [0.29, 0.717) is 22.4 Å². The predicted molar refractivity (Wildman–Crippen MR) is 73.4 cm³/mol.